The van der Waals surface area contributed by atoms with Gasteiger partial charge in [0.2, 0.25) is 0 Å². The van der Waals surface area contributed by atoms with E-state index in [1.165, 1.54) is 16.7 Å². The molecule has 0 fully saturated rings. The lowest BCUT2D eigenvalue weighted by molar-refractivity contribution is 0.579. The predicted molar refractivity (Wildman–Crippen MR) is 83.4 cm³/mol. The number of hydrogen-bond acceptors (Lipinski definition) is 2. The number of pyridine rings is 1. The van der Waals surface area contributed by atoms with E-state index in [4.69, 9.17) is 0 Å². The summed E-state index contributed by atoms with van der Waals surface area (Å²) in [7, 11) is 2.00. The Morgan fingerprint density at radius 3 is 2.63 bits per heavy atom. The number of hydrogen-bond donors (Lipinski definition) is 1. The molecule has 2 nitrogen and oxygen atoms in total. The van der Waals surface area contributed by atoms with Crippen molar-refractivity contribution in [1.82, 2.24) is 10.3 Å². The molecule has 19 heavy (non-hydrogen) atoms. The van der Waals surface area contributed by atoms with Crippen LogP contribution in [0.3, 0.4) is 0 Å². The highest BCUT2D eigenvalue weighted by molar-refractivity contribution is 9.10. The average molecular weight is 319 g/mol. The molecule has 3 heteroatoms. The van der Waals surface area contributed by atoms with E-state index in [2.05, 4.69) is 64.3 Å². The summed E-state index contributed by atoms with van der Waals surface area (Å²) in [5.41, 5.74) is 5.03. The summed E-state index contributed by atoms with van der Waals surface area (Å²) in [6.45, 7) is 4.26. The molecule has 1 heterocycles. The zero-order valence-electron chi connectivity index (χ0n) is 11.6. The lowest BCUT2D eigenvalue weighted by Gasteiger charge is -2.19. The van der Waals surface area contributed by atoms with Gasteiger partial charge in [-0.15, -0.1) is 0 Å². The van der Waals surface area contributed by atoms with Gasteiger partial charge in [-0.1, -0.05) is 28.1 Å². The summed E-state index contributed by atoms with van der Waals surface area (Å²) in [5, 5.41) is 3.40. The Kier molecular flexibility index (Phi) is 4.72. The molecule has 0 saturated heterocycles. The fourth-order valence-electron chi connectivity index (χ4n) is 2.32. The number of benzene rings is 1. The standard InChI is InChI=1S/C16H19BrN2/c1-11-5-4-8-19-15(11)10-16(18-3)14-7-6-13(17)9-12(14)2/h4-9,16,18H,10H2,1-3H3. The van der Waals surface area contributed by atoms with Gasteiger partial charge in [-0.05, 0) is 55.8 Å². The lowest BCUT2D eigenvalue weighted by Crippen LogP contribution is -2.20. The van der Waals surface area contributed by atoms with Crippen LogP contribution in [0.1, 0.15) is 28.4 Å². The van der Waals surface area contributed by atoms with Crippen LogP contribution < -0.4 is 5.32 Å². The molecule has 1 unspecified atom stereocenters. The molecule has 0 aliphatic rings. The topological polar surface area (TPSA) is 24.9 Å². The minimum atomic E-state index is 0.293. The van der Waals surface area contributed by atoms with Crippen LogP contribution in [0.15, 0.2) is 41.0 Å². The molecular weight excluding hydrogens is 300 g/mol. The Morgan fingerprint density at radius 1 is 1.21 bits per heavy atom. The van der Waals surface area contributed by atoms with E-state index in [1.54, 1.807) is 0 Å². The molecule has 2 rings (SSSR count). The molecule has 0 aliphatic heterocycles. The van der Waals surface area contributed by atoms with Gasteiger partial charge in [-0.3, -0.25) is 4.98 Å². The van der Waals surface area contributed by atoms with Gasteiger partial charge >= 0.3 is 0 Å². The number of aromatic nitrogens is 1. The maximum atomic E-state index is 4.49. The van der Waals surface area contributed by atoms with Crippen molar-refractivity contribution in [2.75, 3.05) is 7.05 Å². The van der Waals surface area contributed by atoms with Gasteiger partial charge < -0.3 is 5.32 Å². The van der Waals surface area contributed by atoms with Crippen LogP contribution >= 0.6 is 15.9 Å². The van der Waals surface area contributed by atoms with Gasteiger partial charge in [0.05, 0.1) is 0 Å². The first-order valence-electron chi connectivity index (χ1n) is 6.45. The van der Waals surface area contributed by atoms with Crippen molar-refractivity contribution in [3.63, 3.8) is 0 Å². The van der Waals surface area contributed by atoms with E-state index >= 15 is 0 Å². The van der Waals surface area contributed by atoms with E-state index in [9.17, 15) is 0 Å². The highest BCUT2D eigenvalue weighted by Crippen LogP contribution is 2.24. The van der Waals surface area contributed by atoms with E-state index in [0.29, 0.717) is 6.04 Å². The number of halogens is 1. The second-order valence-electron chi connectivity index (χ2n) is 4.81. The second kappa shape index (κ2) is 6.31. The summed E-state index contributed by atoms with van der Waals surface area (Å²) in [4.78, 5) is 4.49. The summed E-state index contributed by atoms with van der Waals surface area (Å²) < 4.78 is 1.12. The summed E-state index contributed by atoms with van der Waals surface area (Å²) in [5.74, 6) is 0. The van der Waals surface area contributed by atoms with Crippen LogP contribution in [0.4, 0.5) is 0 Å². The van der Waals surface area contributed by atoms with Crippen LogP contribution in [0.25, 0.3) is 0 Å². The smallest absolute Gasteiger partial charge is 0.0451 e. The van der Waals surface area contributed by atoms with Gasteiger partial charge in [0, 0.05) is 28.8 Å². The van der Waals surface area contributed by atoms with E-state index < -0.39 is 0 Å². The summed E-state index contributed by atoms with van der Waals surface area (Å²) >= 11 is 3.51. The molecule has 1 aromatic heterocycles. The number of nitrogens with zero attached hydrogens (tertiary/aromatic N) is 1. The van der Waals surface area contributed by atoms with Crippen molar-refractivity contribution in [3.05, 3.63) is 63.4 Å². The summed E-state index contributed by atoms with van der Waals surface area (Å²) in [6, 6.07) is 10.8. The van der Waals surface area contributed by atoms with Gasteiger partial charge in [0.1, 0.15) is 0 Å². The van der Waals surface area contributed by atoms with Crippen molar-refractivity contribution < 1.29 is 0 Å². The van der Waals surface area contributed by atoms with Crippen LogP contribution in [0, 0.1) is 13.8 Å². The lowest BCUT2D eigenvalue weighted by atomic mass is 9.96. The van der Waals surface area contributed by atoms with Gasteiger partial charge in [0.25, 0.3) is 0 Å². The van der Waals surface area contributed by atoms with Crippen LogP contribution in [-0.4, -0.2) is 12.0 Å². The minimum Gasteiger partial charge on any atom is -0.313 e. The first kappa shape index (κ1) is 14.2. The molecule has 1 aromatic carbocycles. The van der Waals surface area contributed by atoms with Gasteiger partial charge in [0.15, 0.2) is 0 Å². The Labute approximate surface area is 123 Å². The first-order valence-corrected chi connectivity index (χ1v) is 7.25. The molecule has 1 atom stereocenters. The molecule has 0 radical (unpaired) electrons. The minimum absolute atomic E-state index is 0.293. The maximum Gasteiger partial charge on any atom is 0.0451 e. The predicted octanol–water partition coefficient (Wildman–Crippen LogP) is 3.96. The Balaban J connectivity index is 2.28. The third-order valence-electron chi connectivity index (χ3n) is 3.47. The molecule has 100 valence electrons. The highest BCUT2D eigenvalue weighted by atomic mass is 79.9. The average Bonchev–Trinajstić information content (AvgIpc) is 2.39. The van der Waals surface area contributed by atoms with Crippen molar-refractivity contribution in [1.29, 1.82) is 0 Å². The van der Waals surface area contributed by atoms with E-state index in [0.717, 1.165) is 16.6 Å². The van der Waals surface area contributed by atoms with Crippen LogP contribution in [0.5, 0.6) is 0 Å². The monoisotopic (exact) mass is 318 g/mol. The molecule has 0 aliphatic carbocycles. The van der Waals surface area contributed by atoms with Crippen molar-refractivity contribution in [2.24, 2.45) is 0 Å². The zero-order chi connectivity index (χ0) is 13.8. The maximum absolute atomic E-state index is 4.49. The molecular formula is C16H19BrN2. The number of nitrogens with one attached hydrogen (secondary N) is 1. The number of rotatable bonds is 4. The van der Waals surface area contributed by atoms with Crippen molar-refractivity contribution in [3.8, 4) is 0 Å². The third-order valence-corrected chi connectivity index (χ3v) is 3.96. The van der Waals surface area contributed by atoms with Gasteiger partial charge in [-0.2, -0.15) is 0 Å². The third kappa shape index (κ3) is 3.43. The normalized spacial score (nSPS) is 12.4. The molecule has 0 spiro atoms. The Bertz CT molecular complexity index is 566. The first-order chi connectivity index (χ1) is 9.11. The van der Waals surface area contributed by atoms with E-state index in [1.807, 2.05) is 19.3 Å². The van der Waals surface area contributed by atoms with Crippen LogP contribution in [0.2, 0.25) is 0 Å². The molecule has 2 aromatic rings. The van der Waals surface area contributed by atoms with E-state index in [-0.39, 0.29) is 0 Å². The fourth-order valence-corrected chi connectivity index (χ4v) is 2.80. The van der Waals surface area contributed by atoms with Gasteiger partial charge in [-0.25, -0.2) is 0 Å². The van der Waals surface area contributed by atoms with Crippen molar-refractivity contribution >= 4 is 15.9 Å². The second-order valence-corrected chi connectivity index (χ2v) is 5.73. The van der Waals surface area contributed by atoms with Crippen molar-refractivity contribution in [2.45, 2.75) is 26.3 Å². The molecule has 1 N–H and O–H groups in total. The SMILES string of the molecule is CNC(Cc1ncccc1C)c1ccc(Br)cc1C. The molecule has 0 amide bonds. The summed E-state index contributed by atoms with van der Waals surface area (Å²) in [6.07, 6.45) is 2.77. The molecule has 0 bridgehead atoms. The number of likely N-dealkylation sites (N-methyl/N-ethyl adjacent to an activating group) is 1. The fraction of sp³-hybridized carbons (Fsp3) is 0.312. The Morgan fingerprint density at radius 2 is 2.00 bits per heavy atom. The Hall–Kier alpha value is -1.19. The molecule has 0 saturated carbocycles. The number of aryl methyl sites for hydroxylation is 2. The van der Waals surface area contributed by atoms with Crippen LogP contribution in [-0.2, 0) is 6.42 Å². The quantitative estimate of drug-likeness (QED) is 0.922. The highest BCUT2D eigenvalue weighted by Gasteiger charge is 2.14. The zero-order valence-corrected chi connectivity index (χ0v) is 13.2. The largest absolute Gasteiger partial charge is 0.313 e.